The zero-order chi connectivity index (χ0) is 13.1. The lowest BCUT2D eigenvalue weighted by atomic mass is 10.2. The Morgan fingerprint density at radius 2 is 2.39 bits per heavy atom. The molecule has 18 heavy (non-hydrogen) atoms. The van der Waals surface area contributed by atoms with E-state index in [1.165, 1.54) is 10.6 Å². The fourth-order valence-electron chi connectivity index (χ4n) is 1.90. The highest BCUT2D eigenvalue weighted by molar-refractivity contribution is 9.09. The maximum absolute atomic E-state index is 12.3. The first-order valence-corrected chi connectivity index (χ1v) is 6.87. The highest BCUT2D eigenvalue weighted by Gasteiger charge is 2.27. The van der Waals surface area contributed by atoms with Gasteiger partial charge in [-0.15, -0.1) is 0 Å². The van der Waals surface area contributed by atoms with Crippen LogP contribution in [-0.2, 0) is 11.8 Å². The molecule has 2 heterocycles. The molecule has 0 radical (unpaired) electrons. The van der Waals surface area contributed by atoms with Crippen LogP contribution >= 0.6 is 15.9 Å². The molecule has 0 aromatic carbocycles. The van der Waals surface area contributed by atoms with Crippen LogP contribution in [0.3, 0.4) is 0 Å². The minimum atomic E-state index is -0.176. The summed E-state index contributed by atoms with van der Waals surface area (Å²) >= 11 is 3.38. The molecule has 0 bridgehead atoms. The Hall–Kier alpha value is -1.14. The van der Waals surface area contributed by atoms with Crippen molar-refractivity contribution in [3.63, 3.8) is 0 Å². The molecule has 6 heteroatoms. The molecule has 1 aromatic rings. The van der Waals surface area contributed by atoms with Crippen molar-refractivity contribution in [1.82, 2.24) is 9.47 Å². The van der Waals surface area contributed by atoms with E-state index in [9.17, 15) is 9.59 Å². The van der Waals surface area contributed by atoms with E-state index in [1.54, 1.807) is 24.2 Å². The molecule has 1 fully saturated rings. The van der Waals surface area contributed by atoms with E-state index in [1.807, 2.05) is 0 Å². The average molecular weight is 315 g/mol. The van der Waals surface area contributed by atoms with Gasteiger partial charge >= 0.3 is 0 Å². The van der Waals surface area contributed by atoms with Gasteiger partial charge in [0.15, 0.2) is 0 Å². The number of hydrogen-bond acceptors (Lipinski definition) is 3. The summed E-state index contributed by atoms with van der Waals surface area (Å²) in [4.78, 5) is 25.6. The largest absolute Gasteiger partial charge is 0.377 e. The molecule has 2 rings (SSSR count). The molecule has 1 unspecified atom stereocenters. The number of nitrogens with zero attached hydrogens (tertiary/aromatic N) is 2. The molecule has 5 nitrogen and oxygen atoms in total. The molecule has 1 saturated heterocycles. The van der Waals surface area contributed by atoms with Gasteiger partial charge in [0, 0.05) is 36.7 Å². The van der Waals surface area contributed by atoms with Crippen molar-refractivity contribution in [3.8, 4) is 0 Å². The van der Waals surface area contributed by atoms with Crippen LogP contribution < -0.4 is 5.56 Å². The smallest absolute Gasteiger partial charge is 0.254 e. The van der Waals surface area contributed by atoms with Gasteiger partial charge in [-0.1, -0.05) is 15.9 Å². The van der Waals surface area contributed by atoms with Crippen molar-refractivity contribution >= 4 is 21.8 Å². The number of carbonyl (C=O) groups excluding carboxylic acids is 1. The number of amides is 1. The Bertz CT molecular complexity index is 500. The number of halogens is 1. The lowest BCUT2D eigenvalue weighted by Crippen LogP contribution is -2.49. The van der Waals surface area contributed by atoms with E-state index in [0.29, 0.717) is 30.7 Å². The van der Waals surface area contributed by atoms with E-state index in [0.717, 1.165) is 0 Å². The standard InChI is InChI=1S/C12H15BrN2O3/c1-14-3-2-9(6-11(14)16)12(17)15-4-5-18-8-10(15)7-13/h2-3,6,10H,4-5,7-8H2,1H3. The van der Waals surface area contributed by atoms with Gasteiger partial charge in [-0.25, -0.2) is 0 Å². The fraction of sp³-hybridized carbons (Fsp3) is 0.500. The monoisotopic (exact) mass is 314 g/mol. The highest BCUT2D eigenvalue weighted by Crippen LogP contribution is 2.13. The zero-order valence-corrected chi connectivity index (χ0v) is 11.7. The Morgan fingerprint density at radius 3 is 3.06 bits per heavy atom. The van der Waals surface area contributed by atoms with Gasteiger partial charge in [0.2, 0.25) is 0 Å². The number of aryl methyl sites for hydroxylation is 1. The van der Waals surface area contributed by atoms with Crippen LogP contribution in [0.4, 0.5) is 0 Å². The third kappa shape index (κ3) is 2.64. The van der Waals surface area contributed by atoms with Crippen LogP contribution in [-0.4, -0.2) is 46.5 Å². The quantitative estimate of drug-likeness (QED) is 0.752. The summed E-state index contributed by atoms with van der Waals surface area (Å²) in [5.74, 6) is -0.111. The molecular formula is C12H15BrN2O3. The Labute approximate surface area is 113 Å². The summed E-state index contributed by atoms with van der Waals surface area (Å²) in [6, 6.07) is 3.07. The molecule has 0 spiro atoms. The van der Waals surface area contributed by atoms with Crippen molar-refractivity contribution in [2.75, 3.05) is 25.1 Å². The first-order chi connectivity index (χ1) is 8.63. The predicted molar refractivity (Wildman–Crippen MR) is 71.1 cm³/mol. The number of aromatic nitrogens is 1. The number of morpholine rings is 1. The fourth-order valence-corrected chi connectivity index (χ4v) is 2.43. The first kappa shape index (κ1) is 13.3. The Balaban J connectivity index is 2.24. The number of ether oxygens (including phenoxy) is 1. The number of hydrogen-bond donors (Lipinski definition) is 0. The number of alkyl halides is 1. The van der Waals surface area contributed by atoms with Gasteiger partial charge in [0.05, 0.1) is 19.3 Å². The number of rotatable bonds is 2. The van der Waals surface area contributed by atoms with E-state index in [2.05, 4.69) is 15.9 Å². The van der Waals surface area contributed by atoms with E-state index >= 15 is 0 Å². The maximum Gasteiger partial charge on any atom is 0.254 e. The summed E-state index contributed by atoms with van der Waals surface area (Å²) in [6.07, 6.45) is 1.61. The van der Waals surface area contributed by atoms with Crippen molar-refractivity contribution in [3.05, 3.63) is 34.2 Å². The molecule has 0 N–H and O–H groups in total. The van der Waals surface area contributed by atoms with E-state index in [-0.39, 0.29) is 17.5 Å². The minimum absolute atomic E-state index is 0.0234. The summed E-state index contributed by atoms with van der Waals surface area (Å²) in [6.45, 7) is 1.63. The van der Waals surface area contributed by atoms with E-state index in [4.69, 9.17) is 4.74 Å². The molecule has 0 saturated carbocycles. The molecule has 0 aliphatic carbocycles. The molecule has 1 aliphatic heterocycles. The molecule has 1 aliphatic rings. The Kier molecular flexibility index (Phi) is 4.19. The average Bonchev–Trinajstić information content (AvgIpc) is 2.41. The van der Waals surface area contributed by atoms with Gasteiger partial charge in [-0.2, -0.15) is 0 Å². The van der Waals surface area contributed by atoms with Crippen LogP contribution in [0.1, 0.15) is 10.4 Å². The summed E-state index contributed by atoms with van der Waals surface area (Å²) in [7, 11) is 1.66. The summed E-state index contributed by atoms with van der Waals surface area (Å²) in [5.41, 5.74) is 0.260. The van der Waals surface area contributed by atoms with Gasteiger partial charge < -0.3 is 14.2 Å². The van der Waals surface area contributed by atoms with Gasteiger partial charge in [0.25, 0.3) is 11.5 Å². The molecule has 98 valence electrons. The van der Waals surface area contributed by atoms with Crippen LogP contribution in [0.5, 0.6) is 0 Å². The number of pyridine rings is 1. The van der Waals surface area contributed by atoms with Crippen LogP contribution in [0.15, 0.2) is 23.1 Å². The van der Waals surface area contributed by atoms with E-state index < -0.39 is 0 Å². The summed E-state index contributed by atoms with van der Waals surface area (Å²) < 4.78 is 6.78. The topological polar surface area (TPSA) is 51.5 Å². The van der Waals surface area contributed by atoms with Crippen molar-refractivity contribution in [2.45, 2.75) is 6.04 Å². The molecule has 1 aromatic heterocycles. The van der Waals surface area contributed by atoms with Crippen LogP contribution in [0, 0.1) is 0 Å². The highest BCUT2D eigenvalue weighted by atomic mass is 79.9. The second-order valence-electron chi connectivity index (χ2n) is 4.25. The summed E-state index contributed by atoms with van der Waals surface area (Å²) in [5, 5.41) is 0.670. The van der Waals surface area contributed by atoms with Gasteiger partial charge in [0.1, 0.15) is 0 Å². The van der Waals surface area contributed by atoms with Crippen LogP contribution in [0.2, 0.25) is 0 Å². The first-order valence-electron chi connectivity index (χ1n) is 5.75. The SMILES string of the molecule is Cn1ccc(C(=O)N2CCOCC2CBr)cc1=O. The minimum Gasteiger partial charge on any atom is -0.377 e. The third-order valence-electron chi connectivity index (χ3n) is 3.02. The maximum atomic E-state index is 12.3. The number of carbonyl (C=O) groups is 1. The molecular weight excluding hydrogens is 300 g/mol. The van der Waals surface area contributed by atoms with Gasteiger partial charge in [-0.3, -0.25) is 9.59 Å². The van der Waals surface area contributed by atoms with Gasteiger partial charge in [-0.05, 0) is 6.07 Å². The van der Waals surface area contributed by atoms with Crippen molar-refractivity contribution < 1.29 is 9.53 Å². The van der Waals surface area contributed by atoms with Crippen molar-refractivity contribution in [1.29, 1.82) is 0 Å². The molecule has 1 atom stereocenters. The molecule has 1 amide bonds. The second kappa shape index (κ2) is 5.67. The third-order valence-corrected chi connectivity index (χ3v) is 3.77. The predicted octanol–water partition coefficient (Wildman–Crippen LogP) is 0.621. The zero-order valence-electron chi connectivity index (χ0n) is 10.1. The van der Waals surface area contributed by atoms with Crippen molar-refractivity contribution in [2.24, 2.45) is 7.05 Å². The lowest BCUT2D eigenvalue weighted by molar-refractivity contribution is 0.00523. The van der Waals surface area contributed by atoms with Crippen LogP contribution in [0.25, 0.3) is 0 Å². The normalized spacial score (nSPS) is 19.9. The Morgan fingerprint density at radius 1 is 1.61 bits per heavy atom. The second-order valence-corrected chi connectivity index (χ2v) is 4.89. The lowest BCUT2D eigenvalue weighted by Gasteiger charge is -2.34.